The topological polar surface area (TPSA) is 84.9 Å². The van der Waals surface area contributed by atoms with Crippen LogP contribution in [0, 0.1) is 0 Å². The van der Waals surface area contributed by atoms with Gasteiger partial charge in [0, 0.05) is 30.8 Å². The molecule has 7 nitrogen and oxygen atoms in total. The highest BCUT2D eigenvalue weighted by Gasteiger charge is 2.26. The van der Waals surface area contributed by atoms with E-state index in [1.807, 2.05) is 24.3 Å². The Morgan fingerprint density at radius 1 is 0.912 bits per heavy atom. The first-order valence-electron chi connectivity index (χ1n) is 10.9. The number of hydrogen-bond donors (Lipinski definition) is 1. The molecule has 0 spiro atoms. The number of nitrogens with one attached hydrogen (secondary N) is 1. The molecule has 0 aliphatic rings. The molecule has 0 atom stereocenters. The van der Waals surface area contributed by atoms with Gasteiger partial charge in [0.25, 0.3) is 10.0 Å². The average molecular weight is 483 g/mol. The zero-order valence-electron chi connectivity index (χ0n) is 20.0. The quantitative estimate of drug-likeness (QED) is 0.454. The Morgan fingerprint density at radius 2 is 1.47 bits per heavy atom. The van der Waals surface area contributed by atoms with Crippen LogP contribution in [0.2, 0.25) is 0 Å². The van der Waals surface area contributed by atoms with Crippen molar-refractivity contribution < 1.29 is 22.7 Å². The molecular weight excluding hydrogens is 452 g/mol. The minimum absolute atomic E-state index is 0.0992. The molecule has 0 aliphatic carbocycles. The monoisotopic (exact) mass is 482 g/mol. The van der Waals surface area contributed by atoms with E-state index >= 15 is 0 Å². The molecule has 34 heavy (non-hydrogen) atoms. The van der Waals surface area contributed by atoms with Gasteiger partial charge in [-0.3, -0.25) is 9.10 Å². The smallest absolute Gasteiger partial charge is 0.264 e. The summed E-state index contributed by atoms with van der Waals surface area (Å²) < 4.78 is 39.7. The largest absolute Gasteiger partial charge is 0.497 e. The number of benzene rings is 3. The lowest BCUT2D eigenvalue weighted by molar-refractivity contribution is -0.114. The highest BCUT2D eigenvalue weighted by atomic mass is 32.2. The molecule has 8 heteroatoms. The van der Waals surface area contributed by atoms with Crippen LogP contribution in [-0.4, -0.2) is 28.5 Å². The predicted octanol–water partition coefficient (Wildman–Crippen LogP) is 5.18. The van der Waals surface area contributed by atoms with E-state index in [1.165, 1.54) is 43.1 Å². The Hall–Kier alpha value is -3.52. The zero-order valence-corrected chi connectivity index (χ0v) is 20.8. The number of rotatable bonds is 9. The molecule has 0 unspecified atom stereocenters. The van der Waals surface area contributed by atoms with Crippen LogP contribution in [-0.2, 0) is 21.4 Å². The zero-order chi connectivity index (χ0) is 24.9. The lowest BCUT2D eigenvalue weighted by Gasteiger charge is -2.26. The van der Waals surface area contributed by atoms with Crippen molar-refractivity contribution >= 4 is 27.3 Å². The fourth-order valence-corrected chi connectivity index (χ4v) is 4.90. The first-order valence-corrected chi connectivity index (χ1v) is 12.3. The van der Waals surface area contributed by atoms with Crippen molar-refractivity contribution in [3.05, 3.63) is 77.9 Å². The summed E-state index contributed by atoms with van der Waals surface area (Å²) in [7, 11) is -0.931. The third kappa shape index (κ3) is 5.88. The molecule has 0 saturated carbocycles. The molecular formula is C26H30N2O5S. The van der Waals surface area contributed by atoms with Gasteiger partial charge in [-0.05, 0) is 41.3 Å². The summed E-state index contributed by atoms with van der Waals surface area (Å²) in [5, 5.41) is 2.65. The fourth-order valence-electron chi connectivity index (χ4n) is 3.47. The van der Waals surface area contributed by atoms with E-state index in [2.05, 4.69) is 19.2 Å². The fraction of sp³-hybridized carbons (Fsp3) is 0.269. The van der Waals surface area contributed by atoms with Crippen LogP contribution in [0.4, 0.5) is 11.4 Å². The maximum atomic E-state index is 13.8. The third-order valence-corrected chi connectivity index (χ3v) is 7.15. The van der Waals surface area contributed by atoms with Crippen LogP contribution in [0.3, 0.4) is 0 Å². The molecule has 0 heterocycles. The highest BCUT2D eigenvalue weighted by molar-refractivity contribution is 7.92. The summed E-state index contributed by atoms with van der Waals surface area (Å²) in [5.41, 5.74) is 2.94. The summed E-state index contributed by atoms with van der Waals surface area (Å²) in [4.78, 5) is 11.4. The number of carbonyl (C=O) groups excluding carboxylic acids is 1. The van der Waals surface area contributed by atoms with Gasteiger partial charge in [-0.15, -0.1) is 0 Å². The lowest BCUT2D eigenvalue weighted by atomic mass is 10.0. The summed E-state index contributed by atoms with van der Waals surface area (Å²) >= 11 is 0. The molecule has 1 amide bonds. The second-order valence-corrected chi connectivity index (χ2v) is 10.0. The van der Waals surface area contributed by atoms with Gasteiger partial charge in [-0.2, -0.15) is 0 Å². The van der Waals surface area contributed by atoms with Gasteiger partial charge in [0.05, 0.1) is 31.3 Å². The minimum atomic E-state index is -3.96. The molecule has 3 aromatic rings. The van der Waals surface area contributed by atoms with Gasteiger partial charge < -0.3 is 14.8 Å². The van der Waals surface area contributed by atoms with Crippen LogP contribution >= 0.6 is 0 Å². The van der Waals surface area contributed by atoms with Gasteiger partial charge >= 0.3 is 0 Å². The SMILES string of the molecule is COc1cc(OC)cc(N(Cc2ccc(C(C)C)cc2)S(=O)(=O)c2ccc(NC(C)=O)cc2)c1. The Kier molecular flexibility index (Phi) is 7.83. The van der Waals surface area contributed by atoms with Gasteiger partial charge in [0.1, 0.15) is 11.5 Å². The van der Waals surface area contributed by atoms with Crippen molar-refractivity contribution in [1.82, 2.24) is 0 Å². The van der Waals surface area contributed by atoms with Crippen molar-refractivity contribution in [1.29, 1.82) is 0 Å². The van der Waals surface area contributed by atoms with Gasteiger partial charge in [-0.25, -0.2) is 8.42 Å². The standard InChI is InChI=1S/C26H30N2O5S/c1-18(2)21-8-6-20(7-9-21)17-28(23-14-24(32-4)16-25(15-23)33-5)34(30,31)26-12-10-22(11-13-26)27-19(3)29/h6-16,18H,17H2,1-5H3,(H,27,29). The molecule has 1 N–H and O–H groups in total. The average Bonchev–Trinajstić information content (AvgIpc) is 2.82. The maximum absolute atomic E-state index is 13.8. The molecule has 0 bridgehead atoms. The Balaban J connectivity index is 2.07. The maximum Gasteiger partial charge on any atom is 0.264 e. The Morgan fingerprint density at radius 3 is 1.94 bits per heavy atom. The number of anilines is 2. The van der Waals surface area contributed by atoms with E-state index in [0.717, 1.165) is 5.56 Å². The Labute approximate surface area is 201 Å². The van der Waals surface area contributed by atoms with Crippen molar-refractivity contribution in [2.75, 3.05) is 23.8 Å². The number of sulfonamides is 1. The molecule has 0 saturated heterocycles. The number of hydrogen-bond acceptors (Lipinski definition) is 5. The van der Waals surface area contributed by atoms with E-state index in [1.54, 1.807) is 30.3 Å². The summed E-state index contributed by atoms with van der Waals surface area (Å²) in [5.74, 6) is 1.10. The second-order valence-electron chi connectivity index (χ2n) is 8.18. The number of carbonyl (C=O) groups is 1. The molecule has 180 valence electrons. The molecule has 3 aromatic carbocycles. The van der Waals surface area contributed by atoms with E-state index in [4.69, 9.17) is 9.47 Å². The second kappa shape index (κ2) is 10.6. The van der Waals surface area contributed by atoms with E-state index in [0.29, 0.717) is 28.8 Å². The van der Waals surface area contributed by atoms with Gasteiger partial charge in [-0.1, -0.05) is 38.1 Å². The predicted molar refractivity (Wildman–Crippen MR) is 134 cm³/mol. The third-order valence-electron chi connectivity index (χ3n) is 5.36. The lowest BCUT2D eigenvalue weighted by Crippen LogP contribution is -2.30. The van der Waals surface area contributed by atoms with Crippen LogP contribution in [0.1, 0.15) is 37.8 Å². The number of amides is 1. The molecule has 0 aliphatic heterocycles. The molecule has 0 aromatic heterocycles. The van der Waals surface area contributed by atoms with Gasteiger partial charge in [0.15, 0.2) is 0 Å². The molecule has 0 radical (unpaired) electrons. The van der Waals surface area contributed by atoms with Crippen molar-refractivity contribution in [2.45, 2.75) is 38.1 Å². The first kappa shape index (κ1) is 25.1. The summed E-state index contributed by atoms with van der Waals surface area (Å²) in [6.07, 6.45) is 0. The summed E-state index contributed by atoms with van der Waals surface area (Å²) in [6.45, 7) is 5.73. The van der Waals surface area contributed by atoms with E-state index < -0.39 is 10.0 Å². The number of methoxy groups -OCH3 is 2. The summed E-state index contributed by atoms with van der Waals surface area (Å²) in [6, 6.07) is 19.0. The minimum Gasteiger partial charge on any atom is -0.497 e. The van der Waals surface area contributed by atoms with Crippen molar-refractivity contribution in [3.8, 4) is 11.5 Å². The van der Waals surface area contributed by atoms with Crippen molar-refractivity contribution in [3.63, 3.8) is 0 Å². The van der Waals surface area contributed by atoms with Gasteiger partial charge in [0.2, 0.25) is 5.91 Å². The van der Waals surface area contributed by atoms with E-state index in [-0.39, 0.29) is 17.3 Å². The number of ether oxygens (including phenoxy) is 2. The Bertz CT molecular complexity index is 1210. The number of nitrogens with zero attached hydrogens (tertiary/aromatic N) is 1. The molecule has 0 fully saturated rings. The van der Waals surface area contributed by atoms with Crippen molar-refractivity contribution in [2.24, 2.45) is 0 Å². The van der Waals surface area contributed by atoms with Crippen LogP contribution in [0.15, 0.2) is 71.6 Å². The van der Waals surface area contributed by atoms with Crippen LogP contribution < -0.4 is 19.1 Å². The molecule has 3 rings (SSSR count). The first-order chi connectivity index (χ1) is 16.1. The van der Waals surface area contributed by atoms with E-state index in [9.17, 15) is 13.2 Å². The highest BCUT2D eigenvalue weighted by Crippen LogP contribution is 2.33. The van der Waals surface area contributed by atoms with Crippen LogP contribution in [0.25, 0.3) is 0 Å². The van der Waals surface area contributed by atoms with Crippen LogP contribution in [0.5, 0.6) is 11.5 Å². The normalized spacial score (nSPS) is 11.2.